The number of benzene rings is 1. The van der Waals surface area contributed by atoms with E-state index in [0.29, 0.717) is 0 Å². The molecule has 0 aliphatic carbocycles. The van der Waals surface area contributed by atoms with Crippen LogP contribution >= 0.6 is 0 Å². The Morgan fingerprint density at radius 1 is 1.14 bits per heavy atom. The first kappa shape index (κ1) is 9.32. The largest absolute Gasteiger partial charge is 0.361 e. The second kappa shape index (κ2) is 4.32. The summed E-state index contributed by atoms with van der Waals surface area (Å²) < 4.78 is 0. The average Bonchev–Trinajstić information content (AvgIpc) is 2.65. The Morgan fingerprint density at radius 2 is 2.07 bits per heavy atom. The van der Waals surface area contributed by atoms with Gasteiger partial charge >= 0.3 is 0 Å². The maximum Gasteiger partial charge on any atom is 0.0456 e. The Labute approximate surface area is 85.1 Å². The van der Waals surface area contributed by atoms with Crippen molar-refractivity contribution in [1.29, 1.82) is 0 Å². The lowest BCUT2D eigenvalue weighted by Crippen LogP contribution is -1.84. The van der Waals surface area contributed by atoms with Crippen molar-refractivity contribution in [1.82, 2.24) is 4.98 Å². The van der Waals surface area contributed by atoms with Crippen LogP contribution in [0.5, 0.6) is 0 Å². The average molecular weight is 187 g/mol. The van der Waals surface area contributed by atoms with Crippen LogP contribution in [0.2, 0.25) is 0 Å². The number of aryl methyl sites for hydroxylation is 1. The maximum absolute atomic E-state index is 3.25. The maximum atomic E-state index is 3.25. The summed E-state index contributed by atoms with van der Waals surface area (Å²) in [6.45, 7) is 2.24. The van der Waals surface area contributed by atoms with Gasteiger partial charge in [0.05, 0.1) is 0 Å². The van der Waals surface area contributed by atoms with Gasteiger partial charge in [0.1, 0.15) is 0 Å². The lowest BCUT2D eigenvalue weighted by atomic mass is 10.1. The summed E-state index contributed by atoms with van der Waals surface area (Å²) in [6, 6.07) is 8.83. The van der Waals surface area contributed by atoms with Crippen molar-refractivity contribution in [2.75, 3.05) is 0 Å². The van der Waals surface area contributed by atoms with Gasteiger partial charge in [0, 0.05) is 11.7 Å². The van der Waals surface area contributed by atoms with Crippen LogP contribution in [0.1, 0.15) is 31.7 Å². The molecule has 2 rings (SSSR count). The zero-order valence-electron chi connectivity index (χ0n) is 8.72. The minimum Gasteiger partial charge on any atom is -0.361 e. The predicted molar refractivity (Wildman–Crippen MR) is 61.5 cm³/mol. The minimum absolute atomic E-state index is 1.21. The molecule has 0 bridgehead atoms. The number of rotatable bonds is 4. The van der Waals surface area contributed by atoms with Crippen LogP contribution < -0.4 is 0 Å². The van der Waals surface area contributed by atoms with Gasteiger partial charge in [-0.05, 0) is 35.9 Å². The standard InChI is InChI=1S/C13H17N/c1-2-3-4-5-11-6-7-12-8-9-14-13(12)10-11/h6-10,14H,2-5H2,1H3. The smallest absolute Gasteiger partial charge is 0.0456 e. The third kappa shape index (κ3) is 1.98. The molecule has 1 heterocycles. The Kier molecular flexibility index (Phi) is 2.87. The van der Waals surface area contributed by atoms with E-state index in [4.69, 9.17) is 0 Å². The van der Waals surface area contributed by atoms with E-state index in [2.05, 4.69) is 36.2 Å². The van der Waals surface area contributed by atoms with Gasteiger partial charge < -0.3 is 4.98 Å². The molecule has 0 saturated carbocycles. The molecule has 1 aromatic heterocycles. The van der Waals surface area contributed by atoms with E-state index in [1.54, 1.807) is 0 Å². The molecule has 14 heavy (non-hydrogen) atoms. The molecular weight excluding hydrogens is 170 g/mol. The third-order valence-corrected chi connectivity index (χ3v) is 2.69. The van der Waals surface area contributed by atoms with Crippen LogP contribution in [0.4, 0.5) is 0 Å². The molecular formula is C13H17N. The molecule has 1 aromatic carbocycles. The lowest BCUT2D eigenvalue weighted by molar-refractivity contribution is 0.718. The summed E-state index contributed by atoms with van der Waals surface area (Å²) in [4.78, 5) is 3.25. The Morgan fingerprint density at radius 3 is 2.93 bits per heavy atom. The zero-order chi connectivity index (χ0) is 9.80. The van der Waals surface area contributed by atoms with Crippen LogP contribution in [0.25, 0.3) is 10.9 Å². The van der Waals surface area contributed by atoms with Gasteiger partial charge in [0.2, 0.25) is 0 Å². The monoisotopic (exact) mass is 187 g/mol. The normalized spacial score (nSPS) is 10.9. The summed E-state index contributed by atoms with van der Waals surface area (Å²) in [7, 11) is 0. The van der Waals surface area contributed by atoms with Crippen molar-refractivity contribution in [3.8, 4) is 0 Å². The van der Waals surface area contributed by atoms with Crippen molar-refractivity contribution in [2.45, 2.75) is 32.6 Å². The van der Waals surface area contributed by atoms with Crippen LogP contribution in [0, 0.1) is 0 Å². The summed E-state index contributed by atoms with van der Waals surface area (Å²) >= 11 is 0. The van der Waals surface area contributed by atoms with E-state index < -0.39 is 0 Å². The fourth-order valence-electron chi connectivity index (χ4n) is 1.83. The molecule has 0 radical (unpaired) electrons. The molecule has 1 heteroatoms. The number of aromatic nitrogens is 1. The topological polar surface area (TPSA) is 15.8 Å². The molecule has 0 fully saturated rings. The first-order chi connectivity index (χ1) is 6.90. The lowest BCUT2D eigenvalue weighted by Gasteiger charge is -2.00. The van der Waals surface area contributed by atoms with E-state index in [1.807, 2.05) is 6.20 Å². The second-order valence-electron chi connectivity index (χ2n) is 3.86. The first-order valence-corrected chi connectivity index (χ1v) is 5.46. The number of aromatic amines is 1. The predicted octanol–water partition coefficient (Wildman–Crippen LogP) is 3.90. The highest BCUT2D eigenvalue weighted by atomic mass is 14.7. The molecule has 0 aliphatic heterocycles. The molecule has 1 N–H and O–H groups in total. The molecule has 0 aliphatic rings. The van der Waals surface area contributed by atoms with Gasteiger partial charge in [-0.2, -0.15) is 0 Å². The van der Waals surface area contributed by atoms with Crippen LogP contribution in [-0.4, -0.2) is 4.98 Å². The minimum atomic E-state index is 1.21. The van der Waals surface area contributed by atoms with Crippen LogP contribution in [0.15, 0.2) is 30.5 Å². The van der Waals surface area contributed by atoms with E-state index in [1.165, 1.54) is 42.1 Å². The van der Waals surface area contributed by atoms with Crippen molar-refractivity contribution < 1.29 is 0 Å². The van der Waals surface area contributed by atoms with Crippen molar-refractivity contribution in [2.24, 2.45) is 0 Å². The highest BCUT2D eigenvalue weighted by Gasteiger charge is 1.96. The number of hydrogen-bond acceptors (Lipinski definition) is 0. The highest BCUT2D eigenvalue weighted by molar-refractivity contribution is 5.79. The molecule has 0 amide bonds. The molecule has 2 aromatic rings. The van der Waals surface area contributed by atoms with Gasteiger partial charge in [0.25, 0.3) is 0 Å². The fourth-order valence-corrected chi connectivity index (χ4v) is 1.83. The Hall–Kier alpha value is -1.24. The van der Waals surface area contributed by atoms with E-state index in [9.17, 15) is 0 Å². The molecule has 0 atom stereocenters. The van der Waals surface area contributed by atoms with Crippen molar-refractivity contribution >= 4 is 10.9 Å². The summed E-state index contributed by atoms with van der Waals surface area (Å²) in [5.41, 5.74) is 2.72. The van der Waals surface area contributed by atoms with Crippen LogP contribution in [0.3, 0.4) is 0 Å². The number of H-pyrrole nitrogens is 1. The second-order valence-corrected chi connectivity index (χ2v) is 3.86. The van der Waals surface area contributed by atoms with Gasteiger partial charge in [-0.15, -0.1) is 0 Å². The molecule has 0 unspecified atom stereocenters. The summed E-state index contributed by atoms with van der Waals surface area (Å²) in [6.07, 6.45) is 7.15. The van der Waals surface area contributed by atoms with Crippen molar-refractivity contribution in [3.05, 3.63) is 36.0 Å². The third-order valence-electron chi connectivity index (χ3n) is 2.69. The molecule has 1 nitrogen and oxygen atoms in total. The Balaban J connectivity index is 2.10. The van der Waals surface area contributed by atoms with Gasteiger partial charge in [-0.1, -0.05) is 31.9 Å². The number of hydrogen-bond donors (Lipinski definition) is 1. The molecule has 0 spiro atoms. The highest BCUT2D eigenvalue weighted by Crippen LogP contribution is 2.15. The van der Waals surface area contributed by atoms with Crippen molar-refractivity contribution in [3.63, 3.8) is 0 Å². The van der Waals surface area contributed by atoms with E-state index >= 15 is 0 Å². The van der Waals surface area contributed by atoms with E-state index in [0.717, 1.165) is 0 Å². The number of fused-ring (bicyclic) bond motifs is 1. The number of nitrogens with one attached hydrogen (secondary N) is 1. The van der Waals surface area contributed by atoms with Crippen LogP contribution in [-0.2, 0) is 6.42 Å². The quantitative estimate of drug-likeness (QED) is 0.699. The fraction of sp³-hybridized carbons (Fsp3) is 0.385. The molecule has 74 valence electrons. The Bertz CT molecular complexity index is 400. The van der Waals surface area contributed by atoms with E-state index in [-0.39, 0.29) is 0 Å². The van der Waals surface area contributed by atoms with Gasteiger partial charge in [-0.3, -0.25) is 0 Å². The summed E-state index contributed by atoms with van der Waals surface area (Å²) in [5.74, 6) is 0. The SMILES string of the molecule is CCCCCc1ccc2cc[nH]c2c1. The summed E-state index contributed by atoms with van der Waals surface area (Å²) in [5, 5.41) is 1.31. The zero-order valence-corrected chi connectivity index (χ0v) is 8.72. The number of unbranched alkanes of at least 4 members (excludes halogenated alkanes) is 2. The van der Waals surface area contributed by atoms with Gasteiger partial charge in [-0.25, -0.2) is 0 Å². The van der Waals surface area contributed by atoms with Gasteiger partial charge in [0.15, 0.2) is 0 Å². The molecule has 0 saturated heterocycles. The first-order valence-electron chi connectivity index (χ1n) is 5.46.